The summed E-state index contributed by atoms with van der Waals surface area (Å²) in [5.74, 6) is 1.16. The van der Waals surface area contributed by atoms with Crippen LogP contribution in [0.4, 0.5) is 0 Å². The second-order valence-corrected chi connectivity index (χ2v) is 8.63. The summed E-state index contributed by atoms with van der Waals surface area (Å²) in [6.07, 6.45) is 0.407. The van der Waals surface area contributed by atoms with Crippen molar-refractivity contribution in [1.29, 1.82) is 0 Å². The number of aromatic amines is 1. The van der Waals surface area contributed by atoms with Gasteiger partial charge in [0.1, 0.15) is 5.82 Å². The van der Waals surface area contributed by atoms with Crippen molar-refractivity contribution in [3.05, 3.63) is 63.9 Å². The first-order valence-corrected chi connectivity index (χ1v) is 10.4. The Labute approximate surface area is 164 Å². The fraction of sp³-hybridized carbons (Fsp3) is 0.263. The minimum Gasteiger partial charge on any atom is -0.263 e. The molecule has 2 N–H and O–H groups in total. The summed E-state index contributed by atoms with van der Waals surface area (Å²) < 4.78 is 28.0. The molecule has 3 rings (SSSR count). The van der Waals surface area contributed by atoms with Crippen LogP contribution in [0.15, 0.2) is 41.3 Å². The molecule has 3 aromatic rings. The summed E-state index contributed by atoms with van der Waals surface area (Å²) in [5.41, 5.74) is 3.36. The van der Waals surface area contributed by atoms with E-state index >= 15 is 0 Å². The summed E-state index contributed by atoms with van der Waals surface area (Å²) in [5, 5.41) is 7.66. The van der Waals surface area contributed by atoms with Crippen LogP contribution in [0.25, 0.3) is 11.4 Å². The van der Waals surface area contributed by atoms with Gasteiger partial charge in [-0.1, -0.05) is 29.3 Å². The van der Waals surface area contributed by atoms with Crippen molar-refractivity contribution in [3.8, 4) is 11.4 Å². The highest BCUT2D eigenvalue weighted by Crippen LogP contribution is 2.21. The number of nitrogens with zero attached hydrogens (tertiary/aromatic N) is 2. The van der Waals surface area contributed by atoms with Gasteiger partial charge < -0.3 is 0 Å². The van der Waals surface area contributed by atoms with Crippen molar-refractivity contribution in [1.82, 2.24) is 19.9 Å². The highest BCUT2D eigenvalue weighted by molar-refractivity contribution is 7.89. The molecule has 1 heterocycles. The topological polar surface area (TPSA) is 87.7 Å². The number of H-pyrrole nitrogens is 1. The van der Waals surface area contributed by atoms with E-state index in [0.717, 1.165) is 22.3 Å². The largest absolute Gasteiger partial charge is 0.263 e. The van der Waals surface area contributed by atoms with Crippen LogP contribution >= 0.6 is 11.6 Å². The lowest BCUT2D eigenvalue weighted by Gasteiger charge is -2.12. The smallest absolute Gasteiger partial charge is 0.241 e. The van der Waals surface area contributed by atoms with Crippen LogP contribution in [0.5, 0.6) is 0 Å². The number of hydrogen-bond donors (Lipinski definition) is 2. The number of nitrogens with one attached hydrogen (secondary N) is 2. The number of aryl methyl sites for hydroxylation is 3. The lowest BCUT2D eigenvalue weighted by Crippen LogP contribution is -2.27. The SMILES string of the molecule is Cc1cc(C)c(S(=O)(=O)NCCc2nc(-c3ccc(Cl)cc3)n[nH]2)c(C)c1. The summed E-state index contributed by atoms with van der Waals surface area (Å²) in [4.78, 5) is 4.74. The van der Waals surface area contributed by atoms with Crippen molar-refractivity contribution >= 4 is 21.6 Å². The maximum atomic E-state index is 12.7. The van der Waals surface area contributed by atoms with Crippen LogP contribution in [0.3, 0.4) is 0 Å². The Morgan fingerprint density at radius 3 is 2.33 bits per heavy atom. The van der Waals surface area contributed by atoms with Gasteiger partial charge in [-0.05, 0) is 56.2 Å². The molecular weight excluding hydrogens is 384 g/mol. The number of hydrogen-bond acceptors (Lipinski definition) is 4. The van der Waals surface area contributed by atoms with Crippen molar-refractivity contribution in [2.75, 3.05) is 6.54 Å². The quantitative estimate of drug-likeness (QED) is 0.657. The molecule has 0 aliphatic heterocycles. The molecule has 0 saturated heterocycles. The van der Waals surface area contributed by atoms with Gasteiger partial charge in [-0.3, -0.25) is 5.10 Å². The van der Waals surface area contributed by atoms with E-state index in [1.165, 1.54) is 0 Å². The van der Waals surface area contributed by atoms with Crippen LogP contribution in [0.1, 0.15) is 22.5 Å². The van der Waals surface area contributed by atoms with E-state index in [2.05, 4.69) is 19.9 Å². The average molecular weight is 405 g/mol. The van der Waals surface area contributed by atoms with E-state index in [9.17, 15) is 8.42 Å². The molecule has 0 bridgehead atoms. The van der Waals surface area contributed by atoms with Gasteiger partial charge in [-0.2, -0.15) is 5.10 Å². The van der Waals surface area contributed by atoms with Crippen molar-refractivity contribution < 1.29 is 8.42 Å². The van der Waals surface area contributed by atoms with Gasteiger partial charge in [0.15, 0.2) is 5.82 Å². The third kappa shape index (κ3) is 4.55. The van der Waals surface area contributed by atoms with E-state index in [0.29, 0.717) is 28.0 Å². The lowest BCUT2D eigenvalue weighted by molar-refractivity contribution is 0.579. The predicted molar refractivity (Wildman–Crippen MR) is 106 cm³/mol. The molecule has 0 spiro atoms. The summed E-state index contributed by atoms with van der Waals surface area (Å²) >= 11 is 5.88. The molecule has 8 heteroatoms. The fourth-order valence-electron chi connectivity index (χ4n) is 3.10. The maximum Gasteiger partial charge on any atom is 0.241 e. The fourth-order valence-corrected chi connectivity index (χ4v) is 4.71. The van der Waals surface area contributed by atoms with Crippen LogP contribution in [-0.4, -0.2) is 30.1 Å². The molecule has 0 aliphatic rings. The molecule has 0 radical (unpaired) electrons. The monoisotopic (exact) mass is 404 g/mol. The van der Waals surface area contributed by atoms with Crippen molar-refractivity contribution in [3.63, 3.8) is 0 Å². The molecular formula is C19H21ClN4O2S. The number of sulfonamides is 1. The Balaban J connectivity index is 1.67. The van der Waals surface area contributed by atoms with Gasteiger partial charge in [0, 0.05) is 23.6 Å². The Hall–Kier alpha value is -2.22. The molecule has 6 nitrogen and oxygen atoms in total. The lowest BCUT2D eigenvalue weighted by atomic mass is 10.1. The number of rotatable bonds is 6. The van der Waals surface area contributed by atoms with E-state index in [4.69, 9.17) is 11.6 Å². The Morgan fingerprint density at radius 1 is 1.07 bits per heavy atom. The molecule has 0 saturated carbocycles. The summed E-state index contributed by atoms with van der Waals surface area (Å²) in [6, 6.07) is 11.0. The normalized spacial score (nSPS) is 11.7. The third-order valence-corrected chi connectivity index (χ3v) is 6.18. The van der Waals surface area contributed by atoms with Crippen molar-refractivity contribution in [2.45, 2.75) is 32.1 Å². The minimum atomic E-state index is -3.59. The van der Waals surface area contributed by atoms with Gasteiger partial charge in [-0.25, -0.2) is 18.1 Å². The first kappa shape index (κ1) is 19.5. The average Bonchev–Trinajstić information content (AvgIpc) is 3.03. The molecule has 0 unspecified atom stereocenters. The molecule has 0 fully saturated rings. The molecule has 0 amide bonds. The predicted octanol–water partition coefficient (Wildman–Crippen LogP) is 3.57. The molecule has 1 aromatic heterocycles. The van der Waals surface area contributed by atoms with Crippen LogP contribution in [0, 0.1) is 20.8 Å². The zero-order valence-corrected chi connectivity index (χ0v) is 16.9. The van der Waals surface area contributed by atoms with Gasteiger partial charge in [0.25, 0.3) is 0 Å². The highest BCUT2D eigenvalue weighted by Gasteiger charge is 2.19. The van der Waals surface area contributed by atoms with Crippen LogP contribution in [-0.2, 0) is 16.4 Å². The second kappa shape index (κ2) is 7.80. The zero-order chi connectivity index (χ0) is 19.6. The first-order chi connectivity index (χ1) is 12.8. The molecule has 2 aromatic carbocycles. The molecule has 27 heavy (non-hydrogen) atoms. The van der Waals surface area contributed by atoms with Gasteiger partial charge >= 0.3 is 0 Å². The van der Waals surface area contributed by atoms with Crippen LogP contribution in [0.2, 0.25) is 5.02 Å². The zero-order valence-electron chi connectivity index (χ0n) is 15.4. The Bertz CT molecular complexity index is 1040. The number of benzene rings is 2. The second-order valence-electron chi connectivity index (χ2n) is 6.49. The standard InChI is InChI=1S/C19H21ClN4O2S/c1-12-10-13(2)18(14(3)11-12)27(25,26)21-9-8-17-22-19(24-23-17)15-4-6-16(20)7-5-15/h4-7,10-11,21H,8-9H2,1-3H3,(H,22,23,24). The van der Waals surface area contributed by atoms with Gasteiger partial charge in [-0.15, -0.1) is 0 Å². The molecule has 0 aliphatic carbocycles. The Morgan fingerprint density at radius 2 is 1.70 bits per heavy atom. The Kier molecular flexibility index (Phi) is 5.64. The van der Waals surface area contributed by atoms with Gasteiger partial charge in [0.2, 0.25) is 10.0 Å². The van der Waals surface area contributed by atoms with E-state index in [-0.39, 0.29) is 6.54 Å². The minimum absolute atomic E-state index is 0.227. The van der Waals surface area contributed by atoms with Gasteiger partial charge in [0.05, 0.1) is 4.90 Å². The molecule has 142 valence electrons. The third-order valence-electron chi connectivity index (χ3n) is 4.16. The summed E-state index contributed by atoms with van der Waals surface area (Å²) in [6.45, 7) is 5.79. The van der Waals surface area contributed by atoms with E-state index in [1.54, 1.807) is 12.1 Å². The van der Waals surface area contributed by atoms with Crippen LogP contribution < -0.4 is 4.72 Å². The van der Waals surface area contributed by atoms with E-state index in [1.807, 2.05) is 45.0 Å². The first-order valence-electron chi connectivity index (χ1n) is 8.51. The van der Waals surface area contributed by atoms with Crippen molar-refractivity contribution in [2.24, 2.45) is 0 Å². The molecule has 0 atom stereocenters. The maximum absolute atomic E-state index is 12.7. The number of aromatic nitrogens is 3. The summed E-state index contributed by atoms with van der Waals surface area (Å²) in [7, 11) is -3.59. The highest BCUT2D eigenvalue weighted by atomic mass is 35.5. The number of halogens is 1. The van der Waals surface area contributed by atoms with E-state index < -0.39 is 10.0 Å².